The van der Waals surface area contributed by atoms with E-state index in [1.54, 1.807) is 29.1 Å². The number of nitriles is 1. The van der Waals surface area contributed by atoms with Crippen molar-refractivity contribution in [1.29, 1.82) is 5.26 Å². The van der Waals surface area contributed by atoms with E-state index < -0.39 is 6.03 Å². The molecule has 206 valence electrons. The number of rotatable bonds is 6. The van der Waals surface area contributed by atoms with E-state index in [9.17, 15) is 10.1 Å². The van der Waals surface area contributed by atoms with Gasteiger partial charge in [-0.05, 0) is 55.7 Å². The number of anilines is 3. The van der Waals surface area contributed by atoms with Crippen molar-refractivity contribution in [2.45, 2.75) is 52.0 Å². The molecule has 0 unspecified atom stereocenters. The van der Waals surface area contributed by atoms with Gasteiger partial charge in [-0.3, -0.25) is 9.72 Å². The van der Waals surface area contributed by atoms with Crippen LogP contribution in [0.25, 0.3) is 22.6 Å². The number of hydrogen-bond donors (Lipinski definition) is 3. The summed E-state index contributed by atoms with van der Waals surface area (Å²) in [7, 11) is 0. The van der Waals surface area contributed by atoms with Crippen molar-refractivity contribution in [2.75, 3.05) is 16.0 Å². The third kappa shape index (κ3) is 5.34. The van der Waals surface area contributed by atoms with Crippen LogP contribution in [0.15, 0.2) is 67.1 Å². The van der Waals surface area contributed by atoms with Crippen LogP contribution in [0, 0.1) is 18.3 Å². The van der Waals surface area contributed by atoms with Gasteiger partial charge >= 0.3 is 6.03 Å². The molecule has 1 saturated carbocycles. The van der Waals surface area contributed by atoms with Crippen molar-refractivity contribution < 1.29 is 4.79 Å². The Morgan fingerprint density at radius 2 is 1.90 bits per heavy atom. The maximum absolute atomic E-state index is 13.1. The lowest BCUT2D eigenvalue weighted by atomic mass is 9.92. The summed E-state index contributed by atoms with van der Waals surface area (Å²) in [4.78, 5) is 22.3. The molecule has 10 nitrogen and oxygen atoms in total. The van der Waals surface area contributed by atoms with Gasteiger partial charge in [0.15, 0.2) is 11.5 Å². The van der Waals surface area contributed by atoms with E-state index in [2.05, 4.69) is 52.8 Å². The minimum Gasteiger partial charge on any atom is -0.364 e. The predicted molar refractivity (Wildman–Crippen MR) is 159 cm³/mol. The van der Waals surface area contributed by atoms with Gasteiger partial charge in [-0.2, -0.15) is 10.4 Å². The summed E-state index contributed by atoms with van der Waals surface area (Å²) in [5.74, 6) is 1.30. The average molecular weight is 546 g/mol. The molecule has 3 aromatic heterocycles. The third-order valence-electron chi connectivity index (χ3n) is 7.05. The first-order chi connectivity index (χ1) is 19.7. The molecule has 1 aliphatic rings. The number of amides is 2. The molecule has 10 heteroatoms. The molecular formula is C31H31N9O. The molecule has 0 bridgehead atoms. The highest BCUT2D eigenvalue weighted by Gasteiger charge is 2.24. The van der Waals surface area contributed by atoms with Crippen molar-refractivity contribution in [3.63, 3.8) is 0 Å². The number of imidazole rings is 1. The van der Waals surface area contributed by atoms with Crippen molar-refractivity contribution in [2.24, 2.45) is 0 Å². The summed E-state index contributed by atoms with van der Waals surface area (Å²) >= 11 is 0. The monoisotopic (exact) mass is 545 g/mol. The van der Waals surface area contributed by atoms with Gasteiger partial charge in [0.1, 0.15) is 5.82 Å². The fourth-order valence-corrected chi connectivity index (χ4v) is 4.69. The number of carbonyl (C=O) groups is 1. The first-order valence-corrected chi connectivity index (χ1v) is 13.6. The van der Waals surface area contributed by atoms with Gasteiger partial charge in [0.25, 0.3) is 0 Å². The van der Waals surface area contributed by atoms with Gasteiger partial charge in [0.2, 0.25) is 0 Å². The van der Waals surface area contributed by atoms with Crippen LogP contribution in [-0.2, 0) is 5.41 Å². The van der Waals surface area contributed by atoms with Crippen LogP contribution < -0.4 is 16.0 Å². The molecule has 41 heavy (non-hydrogen) atoms. The lowest BCUT2D eigenvalue weighted by Gasteiger charge is -2.14. The Morgan fingerprint density at radius 1 is 1.07 bits per heavy atom. The smallest absolute Gasteiger partial charge is 0.324 e. The van der Waals surface area contributed by atoms with Gasteiger partial charge in [-0.1, -0.05) is 32.9 Å². The highest BCUT2D eigenvalue weighted by Crippen LogP contribution is 2.31. The molecule has 0 radical (unpaired) electrons. The van der Waals surface area contributed by atoms with Gasteiger partial charge in [0, 0.05) is 41.2 Å². The molecule has 3 heterocycles. The number of benzene rings is 2. The van der Waals surface area contributed by atoms with Crippen LogP contribution in [0.2, 0.25) is 0 Å². The molecule has 0 spiro atoms. The van der Waals surface area contributed by atoms with Crippen LogP contribution >= 0.6 is 0 Å². The number of nitrogens with one attached hydrogen (secondary N) is 3. The Balaban J connectivity index is 1.24. The Morgan fingerprint density at radius 3 is 2.63 bits per heavy atom. The number of aryl methyl sites for hydroxylation is 1. The molecule has 5 aromatic rings. The lowest BCUT2D eigenvalue weighted by molar-refractivity contribution is 0.262. The molecule has 6 rings (SSSR count). The number of nitrogens with zero attached hydrogens (tertiary/aromatic N) is 6. The molecule has 0 aliphatic heterocycles. The minimum atomic E-state index is -0.399. The largest absolute Gasteiger partial charge is 0.364 e. The van der Waals surface area contributed by atoms with Crippen LogP contribution in [-0.4, -0.2) is 36.2 Å². The fourth-order valence-electron chi connectivity index (χ4n) is 4.69. The molecule has 0 saturated heterocycles. The van der Waals surface area contributed by atoms with Gasteiger partial charge in [0.05, 0.1) is 34.9 Å². The van der Waals surface area contributed by atoms with Crippen LogP contribution in [0.5, 0.6) is 0 Å². The standard InChI is InChI=1S/C31H31N9O/c1-19-14-22(10-11-24(19)25-18-34-28(35-21-8-9-21)29-33-12-13-39(25)29)36-30(41)37-27-16-26(31(2,3)4)38-40(27)23-7-5-6-20(15-23)17-32/h5-7,10-16,18,21H,8-9H2,1-4H3,(H,34,35)(H2,36,37,41). The molecule has 2 aromatic carbocycles. The number of carbonyl (C=O) groups excluding carboxylic acids is 1. The van der Waals surface area contributed by atoms with E-state index in [-0.39, 0.29) is 5.41 Å². The van der Waals surface area contributed by atoms with E-state index in [1.165, 1.54) is 0 Å². The predicted octanol–water partition coefficient (Wildman–Crippen LogP) is 6.28. The summed E-state index contributed by atoms with van der Waals surface area (Å²) in [5, 5.41) is 23.4. The first kappa shape index (κ1) is 26.1. The zero-order valence-electron chi connectivity index (χ0n) is 23.4. The maximum atomic E-state index is 13.1. The summed E-state index contributed by atoms with van der Waals surface area (Å²) in [6, 6.07) is 17.0. The topological polar surface area (TPSA) is 125 Å². The highest BCUT2D eigenvalue weighted by molar-refractivity contribution is 5.99. The maximum Gasteiger partial charge on any atom is 0.324 e. The van der Waals surface area contributed by atoms with Crippen LogP contribution in [0.1, 0.15) is 50.4 Å². The molecule has 1 fully saturated rings. The SMILES string of the molecule is Cc1cc(NC(=O)Nc2cc(C(C)(C)C)nn2-c2cccc(C#N)c2)ccc1-c1cnc(NC2CC2)c2nccn12. The molecule has 1 aliphatic carbocycles. The second-order valence-electron chi connectivity index (χ2n) is 11.4. The number of aromatic nitrogens is 5. The molecule has 3 N–H and O–H groups in total. The number of fused-ring (bicyclic) bond motifs is 1. The number of urea groups is 1. The van der Waals surface area contributed by atoms with E-state index in [0.717, 1.165) is 46.8 Å². The summed E-state index contributed by atoms with van der Waals surface area (Å²) < 4.78 is 3.69. The summed E-state index contributed by atoms with van der Waals surface area (Å²) in [6.07, 6.45) is 7.89. The second-order valence-corrected chi connectivity index (χ2v) is 11.4. The fraction of sp³-hybridized carbons (Fsp3) is 0.258. The van der Waals surface area contributed by atoms with Crippen molar-refractivity contribution >= 4 is 29.0 Å². The second kappa shape index (κ2) is 10.1. The Labute approximate surface area is 238 Å². The van der Waals surface area contributed by atoms with Crippen molar-refractivity contribution in [1.82, 2.24) is 24.1 Å². The van der Waals surface area contributed by atoms with Gasteiger partial charge in [-0.15, -0.1) is 0 Å². The molecule has 0 atom stereocenters. The summed E-state index contributed by atoms with van der Waals surface area (Å²) in [5.41, 5.74) is 6.12. The van der Waals surface area contributed by atoms with Crippen LogP contribution in [0.4, 0.5) is 22.1 Å². The normalized spacial score (nSPS) is 13.1. The Bertz CT molecular complexity index is 1820. The molecule has 2 amide bonds. The highest BCUT2D eigenvalue weighted by atomic mass is 16.2. The number of hydrogen-bond acceptors (Lipinski definition) is 6. The Kier molecular flexibility index (Phi) is 6.42. The lowest BCUT2D eigenvalue weighted by Crippen LogP contribution is -2.21. The van der Waals surface area contributed by atoms with Gasteiger partial charge < -0.3 is 10.6 Å². The van der Waals surface area contributed by atoms with E-state index in [1.807, 2.05) is 54.0 Å². The Hall–Kier alpha value is -5.17. The minimum absolute atomic E-state index is 0.236. The van der Waals surface area contributed by atoms with Crippen molar-refractivity contribution in [3.8, 4) is 23.0 Å². The van der Waals surface area contributed by atoms with E-state index in [4.69, 9.17) is 5.10 Å². The van der Waals surface area contributed by atoms with Crippen molar-refractivity contribution in [3.05, 3.63) is 83.9 Å². The third-order valence-corrected chi connectivity index (χ3v) is 7.05. The quantitative estimate of drug-likeness (QED) is 0.231. The molecular weight excluding hydrogens is 514 g/mol. The van der Waals surface area contributed by atoms with E-state index in [0.29, 0.717) is 28.8 Å². The summed E-state index contributed by atoms with van der Waals surface area (Å²) in [6.45, 7) is 8.18. The zero-order chi connectivity index (χ0) is 28.7. The average Bonchev–Trinajstić information content (AvgIpc) is 3.42. The first-order valence-electron chi connectivity index (χ1n) is 13.6. The van der Waals surface area contributed by atoms with E-state index >= 15 is 0 Å². The van der Waals surface area contributed by atoms with Crippen LogP contribution in [0.3, 0.4) is 0 Å². The van der Waals surface area contributed by atoms with Gasteiger partial charge in [-0.25, -0.2) is 19.4 Å². The zero-order valence-corrected chi connectivity index (χ0v) is 23.4.